The molecule has 4 heteroatoms. The highest BCUT2D eigenvalue weighted by atomic mass is 35.5. The number of halogens is 1. The van der Waals surface area contributed by atoms with Gasteiger partial charge in [-0.1, -0.05) is 48.4 Å². The van der Waals surface area contributed by atoms with E-state index >= 15 is 0 Å². The maximum Gasteiger partial charge on any atom is 0.133 e. The van der Waals surface area contributed by atoms with Crippen LogP contribution >= 0.6 is 11.6 Å². The van der Waals surface area contributed by atoms with E-state index in [1.165, 1.54) is 24.5 Å². The summed E-state index contributed by atoms with van der Waals surface area (Å²) in [4.78, 5) is 6.89. The summed E-state index contributed by atoms with van der Waals surface area (Å²) in [7, 11) is 0. The highest BCUT2D eigenvalue weighted by Crippen LogP contribution is 2.32. The summed E-state index contributed by atoms with van der Waals surface area (Å²) < 4.78 is 0. The van der Waals surface area contributed by atoms with Gasteiger partial charge in [-0.05, 0) is 31.4 Å². The number of rotatable bonds is 4. The second-order valence-corrected chi connectivity index (χ2v) is 6.24. The molecule has 0 aliphatic carbocycles. The van der Waals surface area contributed by atoms with E-state index in [-0.39, 0.29) is 11.8 Å². The molecule has 0 saturated carbocycles. The number of likely N-dealkylation sites (tertiary alicyclic amines) is 1. The van der Waals surface area contributed by atoms with Crippen molar-refractivity contribution in [2.45, 2.75) is 31.7 Å². The van der Waals surface area contributed by atoms with E-state index in [1.807, 2.05) is 6.07 Å². The molecule has 0 radical (unpaired) electrons. The molecule has 3 rings (SSSR count). The average molecular weight is 317 g/mol. The molecule has 1 aromatic heterocycles. The Labute approximate surface area is 136 Å². The fourth-order valence-corrected chi connectivity index (χ4v) is 3.39. The van der Waals surface area contributed by atoms with Gasteiger partial charge in [-0.25, -0.2) is 4.98 Å². The van der Waals surface area contributed by atoms with Gasteiger partial charge in [-0.3, -0.25) is 4.90 Å². The monoisotopic (exact) mass is 316 g/mol. The van der Waals surface area contributed by atoms with Gasteiger partial charge in [0, 0.05) is 18.7 Å². The molecule has 116 valence electrons. The zero-order valence-corrected chi connectivity index (χ0v) is 13.3. The Balaban J connectivity index is 1.73. The largest absolute Gasteiger partial charge is 0.508 e. The average Bonchev–Trinajstić information content (AvgIpc) is 2.53. The molecular weight excluding hydrogens is 296 g/mol. The van der Waals surface area contributed by atoms with Gasteiger partial charge in [0.15, 0.2) is 0 Å². The Morgan fingerprint density at radius 1 is 1.18 bits per heavy atom. The lowest BCUT2D eigenvalue weighted by atomic mass is 9.98. The van der Waals surface area contributed by atoms with Crippen LogP contribution in [0.5, 0.6) is 5.75 Å². The van der Waals surface area contributed by atoms with E-state index in [2.05, 4.69) is 34.1 Å². The minimum Gasteiger partial charge on any atom is -0.508 e. The number of aromatic hydroxyl groups is 1. The number of hydrogen-bond acceptors (Lipinski definition) is 3. The van der Waals surface area contributed by atoms with Crippen molar-refractivity contribution < 1.29 is 5.11 Å². The van der Waals surface area contributed by atoms with Crippen LogP contribution in [0.25, 0.3) is 0 Å². The Hall–Kier alpha value is -1.58. The molecule has 1 saturated heterocycles. The molecule has 0 bridgehead atoms. The molecule has 1 fully saturated rings. The van der Waals surface area contributed by atoms with Crippen LogP contribution in [0.2, 0.25) is 5.15 Å². The molecule has 1 aliphatic rings. The van der Waals surface area contributed by atoms with Crippen molar-refractivity contribution >= 4 is 11.6 Å². The lowest BCUT2D eigenvalue weighted by Crippen LogP contribution is -2.35. The number of piperidine rings is 1. The van der Waals surface area contributed by atoms with Gasteiger partial charge >= 0.3 is 0 Å². The van der Waals surface area contributed by atoms with Gasteiger partial charge < -0.3 is 5.11 Å². The second kappa shape index (κ2) is 7.12. The van der Waals surface area contributed by atoms with Gasteiger partial charge in [-0.2, -0.15) is 0 Å². The van der Waals surface area contributed by atoms with Crippen molar-refractivity contribution in [2.24, 2.45) is 0 Å². The van der Waals surface area contributed by atoms with Crippen molar-refractivity contribution in [3.63, 3.8) is 0 Å². The van der Waals surface area contributed by atoms with Crippen LogP contribution in [0.4, 0.5) is 0 Å². The van der Waals surface area contributed by atoms with Gasteiger partial charge in [0.2, 0.25) is 0 Å². The second-order valence-electron chi connectivity index (χ2n) is 5.86. The van der Waals surface area contributed by atoms with Crippen LogP contribution in [0.1, 0.15) is 36.6 Å². The van der Waals surface area contributed by atoms with Crippen molar-refractivity contribution in [1.82, 2.24) is 9.88 Å². The molecule has 0 amide bonds. The van der Waals surface area contributed by atoms with Crippen LogP contribution in [-0.2, 0) is 6.42 Å². The van der Waals surface area contributed by atoms with Gasteiger partial charge in [0.25, 0.3) is 0 Å². The third kappa shape index (κ3) is 3.79. The zero-order valence-electron chi connectivity index (χ0n) is 12.6. The fraction of sp³-hybridized carbons (Fsp3) is 0.389. The van der Waals surface area contributed by atoms with E-state index in [9.17, 15) is 5.11 Å². The van der Waals surface area contributed by atoms with E-state index in [0.29, 0.717) is 5.15 Å². The number of benzene rings is 1. The predicted molar refractivity (Wildman–Crippen MR) is 89.2 cm³/mol. The van der Waals surface area contributed by atoms with Crippen molar-refractivity contribution in [1.29, 1.82) is 0 Å². The highest BCUT2D eigenvalue weighted by molar-refractivity contribution is 6.29. The van der Waals surface area contributed by atoms with E-state index < -0.39 is 0 Å². The van der Waals surface area contributed by atoms with Gasteiger partial charge in [0.05, 0.1) is 11.7 Å². The Morgan fingerprint density at radius 3 is 2.77 bits per heavy atom. The van der Waals surface area contributed by atoms with Crippen LogP contribution in [-0.4, -0.2) is 28.1 Å². The summed E-state index contributed by atoms with van der Waals surface area (Å²) >= 11 is 6.00. The third-order valence-electron chi connectivity index (χ3n) is 4.28. The summed E-state index contributed by atoms with van der Waals surface area (Å²) in [5, 5.41) is 10.1. The fourth-order valence-electron chi connectivity index (χ4n) is 3.18. The molecule has 1 aliphatic heterocycles. The number of nitrogens with zero attached hydrogens (tertiary/aromatic N) is 2. The predicted octanol–water partition coefficient (Wildman–Crippen LogP) is 4.21. The smallest absolute Gasteiger partial charge is 0.133 e. The van der Waals surface area contributed by atoms with Crippen LogP contribution in [0.15, 0.2) is 42.5 Å². The molecule has 0 spiro atoms. The first kappa shape index (κ1) is 15.3. The molecule has 3 nitrogen and oxygen atoms in total. The topological polar surface area (TPSA) is 36.4 Å². The first-order valence-corrected chi connectivity index (χ1v) is 8.24. The first-order valence-electron chi connectivity index (χ1n) is 7.87. The minimum atomic E-state index is 0.198. The maximum atomic E-state index is 9.78. The van der Waals surface area contributed by atoms with E-state index in [1.54, 1.807) is 6.07 Å². The molecule has 1 aromatic carbocycles. The maximum absolute atomic E-state index is 9.78. The lowest BCUT2D eigenvalue weighted by Gasteiger charge is -2.35. The zero-order chi connectivity index (χ0) is 15.4. The van der Waals surface area contributed by atoms with Crippen LogP contribution in [0, 0.1) is 0 Å². The normalized spacial score (nSPS) is 19.2. The highest BCUT2D eigenvalue weighted by Gasteiger charge is 2.25. The molecular formula is C18H21ClN2O. The minimum absolute atomic E-state index is 0.198. The molecule has 1 atom stereocenters. The van der Waals surface area contributed by atoms with E-state index in [0.717, 1.165) is 31.6 Å². The molecule has 1 unspecified atom stereocenters. The standard InChI is InChI=1S/C18H21ClN2O/c19-18-13-15(22)12-16(20-18)17-8-4-5-10-21(17)11-9-14-6-2-1-3-7-14/h1-3,6-7,12-13,17H,4-5,8-11H2,(H,20,22). The van der Waals surface area contributed by atoms with Crippen molar-refractivity contribution in [3.8, 4) is 5.75 Å². The van der Waals surface area contributed by atoms with Crippen LogP contribution < -0.4 is 0 Å². The Kier molecular flexibility index (Phi) is 4.96. The van der Waals surface area contributed by atoms with Crippen molar-refractivity contribution in [3.05, 3.63) is 58.9 Å². The quantitative estimate of drug-likeness (QED) is 0.858. The SMILES string of the molecule is Oc1cc(Cl)nc(C2CCCCN2CCc2ccccc2)c1. The summed E-state index contributed by atoms with van der Waals surface area (Å²) in [5.74, 6) is 0.198. The number of aromatic nitrogens is 1. The summed E-state index contributed by atoms with van der Waals surface area (Å²) in [6, 6.07) is 14.0. The van der Waals surface area contributed by atoms with E-state index in [4.69, 9.17) is 11.6 Å². The third-order valence-corrected chi connectivity index (χ3v) is 4.48. The molecule has 2 heterocycles. The van der Waals surface area contributed by atoms with Gasteiger partial charge in [-0.15, -0.1) is 0 Å². The summed E-state index contributed by atoms with van der Waals surface area (Å²) in [6.07, 6.45) is 4.52. The molecule has 22 heavy (non-hydrogen) atoms. The molecule has 2 aromatic rings. The summed E-state index contributed by atoms with van der Waals surface area (Å²) in [5.41, 5.74) is 2.24. The Morgan fingerprint density at radius 2 is 2.00 bits per heavy atom. The number of hydrogen-bond donors (Lipinski definition) is 1. The summed E-state index contributed by atoms with van der Waals surface area (Å²) in [6.45, 7) is 2.08. The van der Waals surface area contributed by atoms with Crippen LogP contribution in [0.3, 0.4) is 0 Å². The molecule has 1 N–H and O–H groups in total. The first-order chi connectivity index (χ1) is 10.7. The van der Waals surface area contributed by atoms with Crippen molar-refractivity contribution in [2.75, 3.05) is 13.1 Å². The van der Waals surface area contributed by atoms with Gasteiger partial charge in [0.1, 0.15) is 10.9 Å². The lowest BCUT2D eigenvalue weighted by molar-refractivity contribution is 0.147. The number of pyridine rings is 1. The Bertz CT molecular complexity index is 597.